The first-order valence-corrected chi connectivity index (χ1v) is 12.2. The summed E-state index contributed by atoms with van der Waals surface area (Å²) in [5.41, 5.74) is 2.58. The Labute approximate surface area is 176 Å². The maximum atomic E-state index is 13.0. The van der Waals surface area contributed by atoms with Gasteiger partial charge in [0.2, 0.25) is 11.9 Å². The zero-order valence-electron chi connectivity index (χ0n) is 17.6. The van der Waals surface area contributed by atoms with Crippen LogP contribution in [0.25, 0.3) is 0 Å². The normalized spacial score (nSPS) is 23.5. The topological polar surface area (TPSA) is 110 Å². The third-order valence-electron chi connectivity index (χ3n) is 5.71. The van der Waals surface area contributed by atoms with E-state index >= 15 is 0 Å². The summed E-state index contributed by atoms with van der Waals surface area (Å²) in [5.74, 6) is 1.20. The van der Waals surface area contributed by atoms with Crippen LogP contribution in [-0.4, -0.2) is 58.7 Å². The molecule has 0 aliphatic carbocycles. The van der Waals surface area contributed by atoms with E-state index in [4.69, 9.17) is 0 Å². The highest BCUT2D eigenvalue weighted by Gasteiger charge is 2.33. The van der Waals surface area contributed by atoms with Gasteiger partial charge >= 0.3 is 0 Å². The molecule has 0 unspecified atom stereocenters. The second-order valence-electron chi connectivity index (χ2n) is 8.40. The molecule has 2 saturated heterocycles. The van der Waals surface area contributed by atoms with Gasteiger partial charge in [-0.1, -0.05) is 0 Å². The number of nitrogens with zero attached hydrogens (tertiary/aromatic N) is 5. The predicted octanol–water partition coefficient (Wildman–Crippen LogP) is 1.81. The van der Waals surface area contributed by atoms with Gasteiger partial charge in [0.05, 0.1) is 29.2 Å². The van der Waals surface area contributed by atoms with E-state index in [2.05, 4.69) is 25.3 Å². The van der Waals surface area contributed by atoms with Gasteiger partial charge < -0.3 is 10.2 Å². The number of piperidine rings is 1. The number of nitrogens with one attached hydrogen (secondary N) is 1. The van der Waals surface area contributed by atoms with E-state index in [-0.39, 0.29) is 29.4 Å². The molecule has 0 aromatic carbocycles. The third kappa shape index (κ3) is 4.48. The van der Waals surface area contributed by atoms with Crippen LogP contribution in [0.4, 0.5) is 11.8 Å². The van der Waals surface area contributed by atoms with Gasteiger partial charge in [0.15, 0.2) is 9.84 Å². The number of hydrogen-bond acceptors (Lipinski definition) is 7. The number of carbonyl (C=O) groups is 1. The fraction of sp³-hybridized carbons (Fsp3) is 0.600. The van der Waals surface area contributed by atoms with Gasteiger partial charge in [0.25, 0.3) is 0 Å². The van der Waals surface area contributed by atoms with Crippen LogP contribution in [0.1, 0.15) is 42.4 Å². The zero-order valence-corrected chi connectivity index (χ0v) is 18.4. The van der Waals surface area contributed by atoms with Gasteiger partial charge in [-0.25, -0.2) is 23.1 Å². The van der Waals surface area contributed by atoms with E-state index in [1.54, 1.807) is 10.7 Å². The molecular weight excluding hydrogens is 404 g/mol. The summed E-state index contributed by atoms with van der Waals surface area (Å²) in [6.45, 7) is 7.11. The summed E-state index contributed by atoms with van der Waals surface area (Å²) >= 11 is 0. The molecule has 2 aromatic rings. The van der Waals surface area contributed by atoms with Crippen molar-refractivity contribution in [1.29, 1.82) is 0 Å². The Bertz CT molecular complexity index is 1040. The van der Waals surface area contributed by atoms with Crippen LogP contribution in [0.2, 0.25) is 0 Å². The Hall–Kier alpha value is -2.49. The van der Waals surface area contributed by atoms with Crippen LogP contribution in [-0.2, 0) is 14.6 Å². The first-order chi connectivity index (χ1) is 14.2. The van der Waals surface area contributed by atoms with Crippen molar-refractivity contribution < 1.29 is 13.2 Å². The number of amides is 1. The van der Waals surface area contributed by atoms with Crippen molar-refractivity contribution in [3.05, 3.63) is 29.2 Å². The van der Waals surface area contributed by atoms with Crippen LogP contribution in [0.3, 0.4) is 0 Å². The molecule has 0 bridgehead atoms. The lowest BCUT2D eigenvalue weighted by Crippen LogP contribution is -2.42. The van der Waals surface area contributed by atoms with E-state index in [9.17, 15) is 13.2 Å². The average molecular weight is 433 g/mol. The molecule has 2 aliphatic rings. The number of aryl methyl sites for hydroxylation is 3. The van der Waals surface area contributed by atoms with E-state index in [0.717, 1.165) is 36.5 Å². The Kier molecular flexibility index (Phi) is 5.52. The molecule has 2 fully saturated rings. The number of aromatic nitrogens is 4. The summed E-state index contributed by atoms with van der Waals surface area (Å²) in [4.78, 5) is 24.2. The van der Waals surface area contributed by atoms with Gasteiger partial charge in [0.1, 0.15) is 5.82 Å². The first-order valence-electron chi connectivity index (χ1n) is 10.3. The van der Waals surface area contributed by atoms with Crippen molar-refractivity contribution in [2.45, 2.75) is 46.1 Å². The molecule has 0 spiro atoms. The lowest BCUT2D eigenvalue weighted by atomic mass is 9.97. The second kappa shape index (κ2) is 7.98. The molecule has 0 saturated carbocycles. The molecule has 2 aliphatic heterocycles. The average Bonchev–Trinajstić information content (AvgIpc) is 3.22. The summed E-state index contributed by atoms with van der Waals surface area (Å²) in [6.07, 6.45) is 2.19. The van der Waals surface area contributed by atoms with Crippen LogP contribution < -0.4 is 10.2 Å². The van der Waals surface area contributed by atoms with Crippen molar-refractivity contribution in [3.8, 4) is 0 Å². The SMILES string of the molecule is Cc1cc(C)nc(N2CCC[C@@H](C(=O)Nc3cc(C)nn3[C@@H]3CCS(=O)(=O)C3)C2)n1. The smallest absolute Gasteiger partial charge is 0.230 e. The van der Waals surface area contributed by atoms with Crippen LogP contribution in [0, 0.1) is 26.7 Å². The standard InChI is InChI=1S/C20H28N6O3S/c1-13-9-14(2)22-20(21-13)25-7-4-5-16(11-25)19(27)23-18-10-15(3)24-26(18)17-6-8-30(28,29)12-17/h9-10,16-17H,4-8,11-12H2,1-3H3,(H,23,27)/t16-,17-/m1/s1. The molecule has 4 rings (SSSR count). The quantitative estimate of drug-likeness (QED) is 0.784. The molecule has 162 valence electrons. The van der Waals surface area contributed by atoms with Gasteiger partial charge in [-0.05, 0) is 46.1 Å². The summed E-state index contributed by atoms with van der Waals surface area (Å²) in [7, 11) is -3.04. The highest BCUT2D eigenvalue weighted by Crippen LogP contribution is 2.28. The molecule has 10 heteroatoms. The minimum absolute atomic E-state index is 0.0677. The molecule has 2 atom stereocenters. The van der Waals surface area contributed by atoms with E-state index in [1.807, 2.05) is 26.8 Å². The van der Waals surface area contributed by atoms with Crippen LogP contribution >= 0.6 is 0 Å². The predicted molar refractivity (Wildman–Crippen MR) is 114 cm³/mol. The van der Waals surface area contributed by atoms with Gasteiger partial charge in [0, 0.05) is 30.5 Å². The third-order valence-corrected chi connectivity index (χ3v) is 7.46. The summed E-state index contributed by atoms with van der Waals surface area (Å²) in [5, 5.41) is 7.44. The van der Waals surface area contributed by atoms with Crippen LogP contribution in [0.5, 0.6) is 0 Å². The van der Waals surface area contributed by atoms with E-state index in [1.165, 1.54) is 0 Å². The minimum atomic E-state index is -3.04. The molecule has 2 aromatic heterocycles. The highest BCUT2D eigenvalue weighted by atomic mass is 32.2. The minimum Gasteiger partial charge on any atom is -0.340 e. The molecule has 1 amide bonds. The molecule has 1 N–H and O–H groups in total. The van der Waals surface area contributed by atoms with Gasteiger partial charge in [-0.15, -0.1) is 0 Å². The fourth-order valence-electron chi connectivity index (χ4n) is 4.31. The maximum Gasteiger partial charge on any atom is 0.230 e. The maximum absolute atomic E-state index is 13.0. The van der Waals surface area contributed by atoms with E-state index < -0.39 is 9.84 Å². The Morgan fingerprint density at radius 3 is 2.50 bits per heavy atom. The number of rotatable bonds is 4. The molecule has 30 heavy (non-hydrogen) atoms. The molecule has 4 heterocycles. The van der Waals surface area contributed by atoms with Crippen molar-refractivity contribution in [1.82, 2.24) is 19.7 Å². The number of carbonyl (C=O) groups excluding carboxylic acids is 1. The van der Waals surface area contributed by atoms with Crippen molar-refractivity contribution in [2.75, 3.05) is 34.8 Å². The first kappa shape index (κ1) is 20.8. The van der Waals surface area contributed by atoms with E-state index in [0.29, 0.717) is 24.7 Å². The highest BCUT2D eigenvalue weighted by molar-refractivity contribution is 7.91. The summed E-state index contributed by atoms with van der Waals surface area (Å²) in [6, 6.07) is 3.51. The largest absolute Gasteiger partial charge is 0.340 e. The molecule has 0 radical (unpaired) electrons. The number of anilines is 2. The Morgan fingerprint density at radius 1 is 1.10 bits per heavy atom. The van der Waals surface area contributed by atoms with Crippen molar-refractivity contribution in [2.24, 2.45) is 5.92 Å². The Morgan fingerprint density at radius 2 is 1.83 bits per heavy atom. The van der Waals surface area contributed by atoms with Crippen LogP contribution in [0.15, 0.2) is 12.1 Å². The lowest BCUT2D eigenvalue weighted by Gasteiger charge is -2.32. The molecular formula is C20H28N6O3S. The van der Waals surface area contributed by atoms with Crippen molar-refractivity contribution >= 4 is 27.5 Å². The Balaban J connectivity index is 1.48. The van der Waals surface area contributed by atoms with Gasteiger partial charge in [-0.3, -0.25) is 4.79 Å². The van der Waals surface area contributed by atoms with Crippen molar-refractivity contribution in [3.63, 3.8) is 0 Å². The molecule has 9 nitrogen and oxygen atoms in total. The monoisotopic (exact) mass is 432 g/mol. The second-order valence-corrected chi connectivity index (χ2v) is 10.6. The fourth-order valence-corrected chi connectivity index (χ4v) is 6.00. The number of hydrogen-bond donors (Lipinski definition) is 1. The number of sulfone groups is 1. The van der Waals surface area contributed by atoms with Gasteiger partial charge in [-0.2, -0.15) is 5.10 Å². The zero-order chi connectivity index (χ0) is 21.5. The lowest BCUT2D eigenvalue weighted by molar-refractivity contribution is -0.120. The summed E-state index contributed by atoms with van der Waals surface area (Å²) < 4.78 is 25.4.